The smallest absolute Gasteiger partial charge is 0.449 e. The lowest BCUT2D eigenvalue weighted by molar-refractivity contribution is 0.144. The maximum Gasteiger partial charge on any atom is 0.511 e. The standard InChI is InChI=1S/C15H16Br2N2O3/c1-3-5-10(6-4-2)19-13-9(8-18)7-11(16)14(12(13)17)22-15(20)21/h7H,3-6H2,1-2H3,(H,20,21). The molecule has 1 aromatic carbocycles. The van der Waals surface area contributed by atoms with Gasteiger partial charge in [0.15, 0.2) is 5.75 Å². The number of nitrogens with zero attached hydrogens (tertiary/aromatic N) is 2. The topological polar surface area (TPSA) is 82.7 Å². The molecule has 0 unspecified atom stereocenters. The van der Waals surface area contributed by atoms with E-state index in [0.29, 0.717) is 20.2 Å². The highest BCUT2D eigenvalue weighted by Gasteiger charge is 2.19. The molecule has 0 aliphatic rings. The van der Waals surface area contributed by atoms with Crippen LogP contribution in [0.25, 0.3) is 0 Å². The molecule has 0 fully saturated rings. The fourth-order valence-corrected chi connectivity index (χ4v) is 3.31. The van der Waals surface area contributed by atoms with Gasteiger partial charge in [-0.2, -0.15) is 5.26 Å². The second kappa shape index (κ2) is 8.91. The summed E-state index contributed by atoms with van der Waals surface area (Å²) < 4.78 is 5.49. The van der Waals surface area contributed by atoms with Crippen molar-refractivity contribution in [3.63, 3.8) is 0 Å². The van der Waals surface area contributed by atoms with E-state index in [9.17, 15) is 10.1 Å². The first kappa shape index (κ1) is 18.7. The number of hydrogen-bond acceptors (Lipinski definition) is 4. The monoisotopic (exact) mass is 430 g/mol. The Morgan fingerprint density at radius 3 is 2.41 bits per heavy atom. The SMILES string of the molecule is CCCC(CCC)=Nc1c(C#N)cc(Br)c(OC(=O)O)c1Br. The molecule has 0 saturated carbocycles. The fourth-order valence-electron chi connectivity index (χ4n) is 1.94. The summed E-state index contributed by atoms with van der Waals surface area (Å²) in [6.07, 6.45) is 2.14. The van der Waals surface area contributed by atoms with Crippen LogP contribution < -0.4 is 4.74 Å². The van der Waals surface area contributed by atoms with Crippen LogP contribution in [0.2, 0.25) is 0 Å². The van der Waals surface area contributed by atoms with Gasteiger partial charge in [0.25, 0.3) is 0 Å². The minimum atomic E-state index is -1.43. The Balaban J connectivity index is 3.47. The number of nitriles is 1. The van der Waals surface area contributed by atoms with E-state index in [0.717, 1.165) is 31.4 Å². The molecular formula is C15H16Br2N2O3. The van der Waals surface area contributed by atoms with Gasteiger partial charge in [0, 0.05) is 5.71 Å². The number of rotatable bonds is 6. The molecule has 0 atom stereocenters. The highest BCUT2D eigenvalue weighted by Crippen LogP contribution is 2.43. The first-order valence-electron chi connectivity index (χ1n) is 6.83. The number of carboxylic acid groups (broad SMARTS) is 1. The highest BCUT2D eigenvalue weighted by atomic mass is 79.9. The summed E-state index contributed by atoms with van der Waals surface area (Å²) in [6, 6.07) is 3.59. The Kier molecular flexibility index (Phi) is 7.56. The van der Waals surface area contributed by atoms with Crippen molar-refractivity contribution in [1.29, 1.82) is 5.26 Å². The van der Waals surface area contributed by atoms with Crippen molar-refractivity contribution in [3.05, 3.63) is 20.6 Å². The van der Waals surface area contributed by atoms with Crippen LogP contribution in [0.3, 0.4) is 0 Å². The first-order valence-corrected chi connectivity index (χ1v) is 8.42. The Morgan fingerprint density at radius 2 is 1.95 bits per heavy atom. The van der Waals surface area contributed by atoms with Crippen LogP contribution in [0, 0.1) is 11.3 Å². The van der Waals surface area contributed by atoms with E-state index in [1.54, 1.807) is 0 Å². The Morgan fingerprint density at radius 1 is 1.36 bits per heavy atom. The van der Waals surface area contributed by atoms with E-state index in [1.165, 1.54) is 6.07 Å². The quantitative estimate of drug-likeness (QED) is 0.349. The van der Waals surface area contributed by atoms with Gasteiger partial charge in [0.05, 0.1) is 20.2 Å². The zero-order valence-corrected chi connectivity index (χ0v) is 15.5. The van der Waals surface area contributed by atoms with Gasteiger partial charge in [-0.1, -0.05) is 26.7 Å². The van der Waals surface area contributed by atoms with Gasteiger partial charge in [-0.05, 0) is 50.8 Å². The van der Waals surface area contributed by atoms with Gasteiger partial charge >= 0.3 is 6.16 Å². The summed E-state index contributed by atoms with van der Waals surface area (Å²) in [5.74, 6) is 0.0950. The van der Waals surface area contributed by atoms with Crippen molar-refractivity contribution in [3.8, 4) is 11.8 Å². The van der Waals surface area contributed by atoms with Gasteiger partial charge in [-0.25, -0.2) is 4.79 Å². The van der Waals surface area contributed by atoms with Crippen LogP contribution in [-0.4, -0.2) is 17.0 Å². The number of halogens is 2. The van der Waals surface area contributed by atoms with E-state index in [1.807, 2.05) is 0 Å². The van der Waals surface area contributed by atoms with Crippen molar-refractivity contribution in [2.45, 2.75) is 39.5 Å². The van der Waals surface area contributed by atoms with Crippen LogP contribution in [0.1, 0.15) is 45.1 Å². The minimum Gasteiger partial charge on any atom is -0.449 e. The normalized spacial score (nSPS) is 9.95. The van der Waals surface area contributed by atoms with Crippen LogP contribution >= 0.6 is 31.9 Å². The molecule has 0 aliphatic carbocycles. The Hall–Kier alpha value is -1.39. The Bertz CT molecular complexity index is 629. The molecule has 0 aromatic heterocycles. The third-order valence-electron chi connectivity index (χ3n) is 2.81. The molecule has 1 N–H and O–H groups in total. The van der Waals surface area contributed by atoms with Gasteiger partial charge in [0.2, 0.25) is 0 Å². The van der Waals surface area contributed by atoms with Gasteiger partial charge in [0.1, 0.15) is 6.07 Å². The van der Waals surface area contributed by atoms with Crippen molar-refractivity contribution in [2.24, 2.45) is 4.99 Å². The molecule has 0 bridgehead atoms. The van der Waals surface area contributed by atoms with Crippen LogP contribution in [0.4, 0.5) is 10.5 Å². The zero-order chi connectivity index (χ0) is 16.7. The first-order chi connectivity index (χ1) is 10.4. The molecule has 5 nitrogen and oxygen atoms in total. The van der Waals surface area contributed by atoms with Crippen LogP contribution in [0.15, 0.2) is 20.0 Å². The average Bonchev–Trinajstić information content (AvgIpc) is 2.46. The maximum atomic E-state index is 10.8. The van der Waals surface area contributed by atoms with Crippen molar-refractivity contribution < 1.29 is 14.6 Å². The summed E-state index contributed by atoms with van der Waals surface area (Å²) in [4.78, 5) is 15.4. The van der Waals surface area contributed by atoms with E-state index >= 15 is 0 Å². The number of aliphatic imine (C=N–C) groups is 1. The second-order valence-electron chi connectivity index (χ2n) is 4.56. The predicted octanol–water partition coefficient (Wildman–Crippen LogP) is 5.81. The number of carbonyl (C=O) groups is 1. The molecule has 0 heterocycles. The molecule has 0 saturated heterocycles. The third kappa shape index (κ3) is 4.82. The lowest BCUT2D eigenvalue weighted by Crippen LogP contribution is -2.05. The summed E-state index contributed by atoms with van der Waals surface area (Å²) in [5.41, 5.74) is 1.73. The van der Waals surface area contributed by atoms with Gasteiger partial charge in [-0.3, -0.25) is 4.99 Å². The summed E-state index contributed by atoms with van der Waals surface area (Å²) >= 11 is 6.52. The molecule has 7 heteroatoms. The molecule has 118 valence electrons. The lowest BCUT2D eigenvalue weighted by atomic mass is 10.1. The molecule has 1 rings (SSSR count). The maximum absolute atomic E-state index is 10.8. The zero-order valence-electron chi connectivity index (χ0n) is 12.3. The van der Waals surface area contributed by atoms with Crippen LogP contribution in [0.5, 0.6) is 5.75 Å². The largest absolute Gasteiger partial charge is 0.511 e. The molecule has 0 aliphatic heterocycles. The number of ether oxygens (including phenoxy) is 1. The Labute approximate surface area is 146 Å². The highest BCUT2D eigenvalue weighted by molar-refractivity contribution is 9.11. The van der Waals surface area contributed by atoms with E-state index in [-0.39, 0.29) is 5.75 Å². The fraction of sp³-hybridized carbons (Fsp3) is 0.400. The third-order valence-corrected chi connectivity index (χ3v) is 4.13. The predicted molar refractivity (Wildman–Crippen MR) is 92.1 cm³/mol. The molecular weight excluding hydrogens is 416 g/mol. The van der Waals surface area contributed by atoms with Gasteiger partial charge in [-0.15, -0.1) is 0 Å². The van der Waals surface area contributed by atoms with Crippen LogP contribution in [-0.2, 0) is 0 Å². The lowest BCUT2D eigenvalue weighted by Gasteiger charge is -2.11. The summed E-state index contributed by atoms with van der Waals surface area (Å²) in [6.45, 7) is 4.12. The van der Waals surface area contributed by atoms with E-state index in [4.69, 9.17) is 9.84 Å². The average molecular weight is 432 g/mol. The van der Waals surface area contributed by atoms with E-state index in [2.05, 4.69) is 56.8 Å². The van der Waals surface area contributed by atoms with E-state index < -0.39 is 6.16 Å². The van der Waals surface area contributed by atoms with Crippen molar-refractivity contribution in [1.82, 2.24) is 0 Å². The molecule has 22 heavy (non-hydrogen) atoms. The summed E-state index contributed by atoms with van der Waals surface area (Å²) in [7, 11) is 0. The molecule has 1 aromatic rings. The second-order valence-corrected chi connectivity index (χ2v) is 6.20. The molecule has 0 spiro atoms. The summed E-state index contributed by atoms with van der Waals surface area (Å²) in [5, 5.41) is 18.1. The molecule has 0 amide bonds. The van der Waals surface area contributed by atoms with Crippen molar-refractivity contribution in [2.75, 3.05) is 0 Å². The minimum absolute atomic E-state index is 0.0950. The number of hydrogen-bond donors (Lipinski definition) is 1. The van der Waals surface area contributed by atoms with Gasteiger partial charge < -0.3 is 9.84 Å². The number of benzene rings is 1. The molecule has 0 radical (unpaired) electrons. The van der Waals surface area contributed by atoms with Crippen molar-refractivity contribution >= 4 is 49.4 Å².